The molecule has 0 bridgehead atoms. The Bertz CT molecular complexity index is 1290. The zero-order valence-electron chi connectivity index (χ0n) is 48.6. The number of phosphoric acid groups is 1. The van der Waals surface area contributed by atoms with Gasteiger partial charge in [-0.15, -0.1) is 0 Å². The summed E-state index contributed by atoms with van der Waals surface area (Å²) in [5, 5.41) is 9.83. The summed E-state index contributed by atoms with van der Waals surface area (Å²) in [5.41, 5.74) is 0. The summed E-state index contributed by atoms with van der Waals surface area (Å²) in [7, 11) is -4.74. The summed E-state index contributed by atoms with van der Waals surface area (Å²) < 4.78 is 39.6. The van der Waals surface area contributed by atoms with Crippen LogP contribution < -0.4 is 0 Å². The van der Waals surface area contributed by atoms with Gasteiger partial charge in [-0.3, -0.25) is 23.4 Å². The highest BCUT2D eigenvalue weighted by molar-refractivity contribution is 7.47. The predicted molar refractivity (Wildman–Crippen MR) is 307 cm³/mol. The molecule has 0 aliphatic heterocycles. The van der Waals surface area contributed by atoms with Crippen LogP contribution in [-0.2, 0) is 42.2 Å². The summed E-state index contributed by atoms with van der Waals surface area (Å²) in [5.74, 6) is -1.43. The second-order valence-corrected chi connectivity index (χ2v) is 23.0. The zero-order chi connectivity index (χ0) is 54.1. The van der Waals surface area contributed by atoms with Gasteiger partial charge in [-0.2, -0.15) is 0 Å². The maximum atomic E-state index is 12.9. The molecule has 0 aliphatic carbocycles. The van der Waals surface area contributed by atoms with Crippen LogP contribution >= 0.6 is 7.82 Å². The van der Waals surface area contributed by atoms with E-state index in [1.54, 1.807) is 0 Å². The van der Waals surface area contributed by atoms with Crippen LogP contribution in [0.3, 0.4) is 0 Å². The van der Waals surface area contributed by atoms with E-state index in [-0.39, 0.29) is 25.9 Å². The molecule has 74 heavy (non-hydrogen) atoms. The third kappa shape index (κ3) is 55.0. The van der Waals surface area contributed by atoms with E-state index in [1.165, 1.54) is 205 Å². The number of aliphatic hydroxyl groups is 1. The van der Waals surface area contributed by atoms with Crippen molar-refractivity contribution < 1.29 is 52.2 Å². The molecular formula is C62H119O11P. The minimum absolute atomic E-state index is 0.176. The molecule has 2 N–H and O–H groups in total. The fourth-order valence-electron chi connectivity index (χ4n) is 9.35. The highest BCUT2D eigenvalue weighted by Gasteiger charge is 2.28. The fourth-order valence-corrected chi connectivity index (χ4v) is 10.1. The maximum absolute atomic E-state index is 12.9. The summed E-state index contributed by atoms with van der Waals surface area (Å²) in [4.78, 5) is 48.7. The normalized spacial score (nSPS) is 13.3. The number of carbonyl (C=O) groups is 3. The Labute approximate surface area is 456 Å². The Hall–Kier alpha value is -1.78. The molecule has 0 saturated carbocycles. The monoisotopic (exact) mass is 1070 g/mol. The van der Waals surface area contributed by atoms with E-state index in [0.717, 1.165) is 64.2 Å². The predicted octanol–water partition coefficient (Wildman–Crippen LogP) is 18.8. The second-order valence-electron chi connectivity index (χ2n) is 21.6. The van der Waals surface area contributed by atoms with Crippen LogP contribution in [-0.4, -0.2) is 66.5 Å². The number of allylic oxidation sites excluding steroid dienone is 2. The van der Waals surface area contributed by atoms with E-state index in [0.29, 0.717) is 19.3 Å². The number of phosphoric ester groups is 1. The number of esters is 3. The van der Waals surface area contributed by atoms with Crippen LogP contribution in [0.25, 0.3) is 0 Å². The number of hydrogen-bond acceptors (Lipinski definition) is 10. The lowest BCUT2D eigenvalue weighted by Gasteiger charge is -2.21. The molecule has 0 aliphatic rings. The van der Waals surface area contributed by atoms with Crippen LogP contribution in [0, 0.1) is 0 Å². The topological polar surface area (TPSA) is 155 Å². The lowest BCUT2D eigenvalue weighted by molar-refractivity contribution is -0.161. The molecule has 0 radical (unpaired) electrons. The molecule has 3 unspecified atom stereocenters. The summed E-state index contributed by atoms with van der Waals surface area (Å²) in [6, 6.07) is 0. The lowest BCUT2D eigenvalue weighted by Crippen LogP contribution is -2.30. The number of ether oxygens (including phenoxy) is 3. The fraction of sp³-hybridized carbons (Fsp3) is 0.919. The van der Waals surface area contributed by atoms with Gasteiger partial charge in [-0.1, -0.05) is 277 Å². The van der Waals surface area contributed by atoms with Crippen LogP contribution in [0.5, 0.6) is 0 Å². The highest BCUT2D eigenvalue weighted by Crippen LogP contribution is 2.43. The van der Waals surface area contributed by atoms with Gasteiger partial charge in [0.15, 0.2) is 6.10 Å². The van der Waals surface area contributed by atoms with E-state index in [4.69, 9.17) is 23.3 Å². The second kappa shape index (κ2) is 57.4. The van der Waals surface area contributed by atoms with Gasteiger partial charge in [0, 0.05) is 19.3 Å². The summed E-state index contributed by atoms with van der Waals surface area (Å²) in [6.45, 7) is 4.72. The van der Waals surface area contributed by atoms with E-state index < -0.39 is 57.8 Å². The standard InChI is InChI=1S/C62H119O11P/c1-4-7-10-13-16-19-22-25-27-29-31-34-36-39-42-45-48-51-60(64)69-55-59(73-62(66)53-50-47-44-41-38-35-32-30-28-26-23-20-17-14-11-8-5-2)57-71-74(67,68)70-56-58(54-63)72-61(65)52-49-46-43-40-37-33-24-21-18-15-12-9-6-3/h25,27,58-59,63H,4-24,26,28-57H2,1-3H3,(H,67,68)/b27-25-. The molecule has 0 aromatic carbocycles. The Morgan fingerprint density at radius 1 is 0.365 bits per heavy atom. The molecule has 438 valence electrons. The van der Waals surface area contributed by atoms with Crippen LogP contribution in [0.1, 0.15) is 329 Å². The van der Waals surface area contributed by atoms with Crippen molar-refractivity contribution in [1.82, 2.24) is 0 Å². The quantitative estimate of drug-likeness (QED) is 0.0197. The number of unbranched alkanes of at least 4 members (excludes halogenated alkanes) is 41. The molecule has 0 aromatic rings. The molecule has 3 atom stereocenters. The van der Waals surface area contributed by atoms with Gasteiger partial charge in [-0.05, 0) is 44.9 Å². The molecule has 12 heteroatoms. The average Bonchev–Trinajstić information content (AvgIpc) is 3.39. The van der Waals surface area contributed by atoms with Crippen molar-refractivity contribution in [3.05, 3.63) is 12.2 Å². The Balaban J connectivity index is 4.66. The minimum atomic E-state index is -4.74. The van der Waals surface area contributed by atoms with Gasteiger partial charge in [0.25, 0.3) is 0 Å². The zero-order valence-corrected chi connectivity index (χ0v) is 49.5. The van der Waals surface area contributed by atoms with Crippen molar-refractivity contribution in [3.63, 3.8) is 0 Å². The Morgan fingerprint density at radius 3 is 0.932 bits per heavy atom. The number of rotatable bonds is 60. The molecule has 0 rings (SSSR count). The molecule has 0 amide bonds. The van der Waals surface area contributed by atoms with Crippen LogP contribution in [0.15, 0.2) is 12.2 Å². The number of hydrogen-bond donors (Lipinski definition) is 2. The van der Waals surface area contributed by atoms with Crippen molar-refractivity contribution in [3.8, 4) is 0 Å². The van der Waals surface area contributed by atoms with Gasteiger partial charge in [-0.25, -0.2) is 4.57 Å². The first-order valence-electron chi connectivity index (χ1n) is 31.6. The Morgan fingerprint density at radius 2 is 0.622 bits per heavy atom. The largest absolute Gasteiger partial charge is 0.472 e. The van der Waals surface area contributed by atoms with Crippen molar-refractivity contribution in [2.45, 2.75) is 341 Å². The van der Waals surface area contributed by atoms with Crippen molar-refractivity contribution in [2.24, 2.45) is 0 Å². The molecule has 0 spiro atoms. The average molecular weight is 1070 g/mol. The van der Waals surface area contributed by atoms with Crippen molar-refractivity contribution in [1.29, 1.82) is 0 Å². The molecule has 0 fully saturated rings. The molecule has 0 aromatic heterocycles. The van der Waals surface area contributed by atoms with E-state index in [2.05, 4.69) is 32.9 Å². The van der Waals surface area contributed by atoms with Crippen molar-refractivity contribution >= 4 is 25.7 Å². The Kier molecular flexibility index (Phi) is 56.0. The van der Waals surface area contributed by atoms with Gasteiger partial charge < -0.3 is 24.2 Å². The smallest absolute Gasteiger partial charge is 0.462 e. The maximum Gasteiger partial charge on any atom is 0.472 e. The van der Waals surface area contributed by atoms with Gasteiger partial charge >= 0.3 is 25.7 Å². The molecule has 0 heterocycles. The summed E-state index contributed by atoms with van der Waals surface area (Å²) in [6.07, 6.45) is 57.3. The lowest BCUT2D eigenvalue weighted by atomic mass is 10.0. The minimum Gasteiger partial charge on any atom is -0.462 e. The first-order valence-corrected chi connectivity index (χ1v) is 33.1. The third-order valence-corrected chi connectivity index (χ3v) is 15.1. The van der Waals surface area contributed by atoms with E-state index >= 15 is 0 Å². The van der Waals surface area contributed by atoms with Crippen LogP contribution in [0.2, 0.25) is 0 Å². The first-order chi connectivity index (χ1) is 36.2. The van der Waals surface area contributed by atoms with E-state index in [1.807, 2.05) is 0 Å². The molecule has 0 saturated heterocycles. The number of carbonyl (C=O) groups excluding carboxylic acids is 3. The van der Waals surface area contributed by atoms with Crippen molar-refractivity contribution in [2.75, 3.05) is 26.4 Å². The van der Waals surface area contributed by atoms with Crippen LogP contribution in [0.4, 0.5) is 0 Å². The molecular weight excluding hydrogens is 952 g/mol. The van der Waals surface area contributed by atoms with Gasteiger partial charge in [0.05, 0.1) is 19.8 Å². The summed E-state index contributed by atoms with van der Waals surface area (Å²) >= 11 is 0. The molecule has 11 nitrogen and oxygen atoms in total. The van der Waals surface area contributed by atoms with E-state index in [9.17, 15) is 28.9 Å². The van der Waals surface area contributed by atoms with Gasteiger partial charge in [0.2, 0.25) is 0 Å². The first kappa shape index (κ1) is 72.2. The van der Waals surface area contributed by atoms with Gasteiger partial charge in [0.1, 0.15) is 12.7 Å². The highest BCUT2D eigenvalue weighted by atomic mass is 31.2. The number of aliphatic hydroxyl groups excluding tert-OH is 1. The SMILES string of the molecule is CCCCCCCC/C=C\CCCCCCCCCC(=O)OCC(COP(=O)(O)OCC(CO)OC(=O)CCCCCCCCCCCCCCC)OC(=O)CCCCCCCCCCCCCCCCCCC. The third-order valence-electron chi connectivity index (χ3n) is 14.2.